The van der Waals surface area contributed by atoms with Crippen LogP contribution in [0.4, 0.5) is 0 Å². The van der Waals surface area contributed by atoms with Crippen molar-refractivity contribution in [3.63, 3.8) is 0 Å². The van der Waals surface area contributed by atoms with E-state index in [1.54, 1.807) is 17.7 Å². The van der Waals surface area contributed by atoms with E-state index in [4.69, 9.17) is 0 Å². The maximum Gasteiger partial charge on any atom is 0.217 e. The largest absolute Gasteiger partial charge is 0.272 e. The molecule has 4 heteroatoms. The predicted octanol–water partition coefficient (Wildman–Crippen LogP) is 2.25. The second-order valence-corrected chi connectivity index (χ2v) is 4.07. The van der Waals surface area contributed by atoms with Gasteiger partial charge in [0, 0.05) is 0 Å². The van der Waals surface area contributed by atoms with Gasteiger partial charge in [0.05, 0.1) is 10.2 Å². The van der Waals surface area contributed by atoms with Crippen molar-refractivity contribution in [3.05, 3.63) is 30.1 Å². The monoisotopic (exact) mass is 189 g/mol. The summed E-state index contributed by atoms with van der Waals surface area (Å²) in [4.78, 5) is 0.959. The van der Waals surface area contributed by atoms with Crippen LogP contribution >= 0.6 is 11.3 Å². The van der Waals surface area contributed by atoms with Crippen LogP contribution in [0, 0.1) is 6.92 Å². The van der Waals surface area contributed by atoms with Crippen LogP contribution in [0.25, 0.3) is 15.2 Å². The van der Waals surface area contributed by atoms with Gasteiger partial charge in [-0.2, -0.15) is 0 Å². The van der Waals surface area contributed by atoms with E-state index in [9.17, 15) is 0 Å². The Morgan fingerprint density at radius 3 is 3.23 bits per heavy atom. The van der Waals surface area contributed by atoms with Crippen molar-refractivity contribution in [1.82, 2.24) is 14.6 Å². The highest BCUT2D eigenvalue weighted by Crippen LogP contribution is 2.25. The molecule has 13 heavy (non-hydrogen) atoms. The molecule has 3 nitrogen and oxygen atoms in total. The molecule has 0 bridgehead atoms. The molecule has 2 heterocycles. The molecule has 2 aromatic heterocycles. The normalized spacial score (nSPS) is 11.5. The number of hydrogen-bond donors (Lipinski definition) is 0. The molecule has 0 aliphatic heterocycles. The SMILES string of the molecule is Cc1ccc2sc3nncn3c2c1. The first-order chi connectivity index (χ1) is 6.34. The lowest BCUT2D eigenvalue weighted by atomic mass is 10.2. The number of benzene rings is 1. The summed E-state index contributed by atoms with van der Waals surface area (Å²) in [6.07, 6.45) is 1.76. The lowest BCUT2D eigenvalue weighted by Gasteiger charge is -1.91. The van der Waals surface area contributed by atoms with Crippen molar-refractivity contribution in [3.8, 4) is 0 Å². The summed E-state index contributed by atoms with van der Waals surface area (Å²) in [6, 6.07) is 6.40. The zero-order valence-electron chi connectivity index (χ0n) is 7.06. The Morgan fingerprint density at radius 1 is 1.38 bits per heavy atom. The smallest absolute Gasteiger partial charge is 0.217 e. The Kier molecular flexibility index (Phi) is 1.24. The van der Waals surface area contributed by atoms with E-state index in [0.717, 1.165) is 4.96 Å². The van der Waals surface area contributed by atoms with E-state index >= 15 is 0 Å². The molecule has 64 valence electrons. The standard InChI is InChI=1S/C9H7N3S/c1-6-2-3-8-7(4-6)12-5-10-11-9(12)13-8/h2-5H,1H3. The topological polar surface area (TPSA) is 30.2 Å². The Morgan fingerprint density at radius 2 is 2.31 bits per heavy atom. The summed E-state index contributed by atoms with van der Waals surface area (Å²) in [5.41, 5.74) is 2.46. The number of hydrogen-bond acceptors (Lipinski definition) is 3. The summed E-state index contributed by atoms with van der Waals surface area (Å²) in [5.74, 6) is 0. The number of aryl methyl sites for hydroxylation is 1. The maximum absolute atomic E-state index is 4.02. The maximum atomic E-state index is 4.02. The van der Waals surface area contributed by atoms with Gasteiger partial charge in [0.25, 0.3) is 0 Å². The van der Waals surface area contributed by atoms with Gasteiger partial charge in [-0.05, 0) is 24.6 Å². The first-order valence-corrected chi connectivity index (χ1v) is 4.85. The van der Waals surface area contributed by atoms with E-state index in [-0.39, 0.29) is 0 Å². The molecule has 0 fully saturated rings. The van der Waals surface area contributed by atoms with E-state index in [1.165, 1.54) is 15.8 Å². The molecule has 0 amide bonds. The molecule has 0 N–H and O–H groups in total. The molecular formula is C9H7N3S. The third-order valence-corrected chi connectivity index (χ3v) is 3.12. The molecule has 0 saturated heterocycles. The third-order valence-electron chi connectivity index (χ3n) is 2.09. The minimum Gasteiger partial charge on any atom is -0.272 e. The molecule has 0 atom stereocenters. The van der Waals surface area contributed by atoms with Gasteiger partial charge in [0.2, 0.25) is 4.96 Å². The van der Waals surface area contributed by atoms with E-state index in [0.29, 0.717) is 0 Å². The van der Waals surface area contributed by atoms with Gasteiger partial charge in [0.1, 0.15) is 6.33 Å². The minimum absolute atomic E-state index is 0.959. The second kappa shape index (κ2) is 2.29. The van der Waals surface area contributed by atoms with Gasteiger partial charge in [-0.15, -0.1) is 10.2 Å². The fourth-order valence-corrected chi connectivity index (χ4v) is 2.39. The highest BCUT2D eigenvalue weighted by molar-refractivity contribution is 7.23. The Hall–Kier alpha value is -1.42. The fraction of sp³-hybridized carbons (Fsp3) is 0.111. The van der Waals surface area contributed by atoms with Crippen LogP contribution in [-0.2, 0) is 0 Å². The van der Waals surface area contributed by atoms with Crippen LogP contribution in [0.5, 0.6) is 0 Å². The summed E-state index contributed by atoms with van der Waals surface area (Å²) < 4.78 is 3.28. The number of thiazole rings is 1. The average Bonchev–Trinajstić information content (AvgIpc) is 2.64. The third kappa shape index (κ3) is 0.890. The van der Waals surface area contributed by atoms with Crippen molar-refractivity contribution in [2.75, 3.05) is 0 Å². The Labute approximate surface area is 78.6 Å². The summed E-state index contributed by atoms with van der Waals surface area (Å²) >= 11 is 1.67. The minimum atomic E-state index is 0.959. The molecule has 0 aliphatic carbocycles. The highest BCUT2D eigenvalue weighted by Gasteiger charge is 2.04. The molecule has 1 aromatic carbocycles. The van der Waals surface area contributed by atoms with Crippen LogP contribution in [0.3, 0.4) is 0 Å². The zero-order chi connectivity index (χ0) is 8.84. The summed E-state index contributed by atoms with van der Waals surface area (Å²) in [7, 11) is 0. The van der Waals surface area contributed by atoms with E-state index in [1.807, 2.05) is 4.40 Å². The number of fused-ring (bicyclic) bond motifs is 3. The first kappa shape index (κ1) is 7.03. The van der Waals surface area contributed by atoms with Crippen LogP contribution < -0.4 is 0 Å². The van der Waals surface area contributed by atoms with Crippen LogP contribution in [-0.4, -0.2) is 14.6 Å². The molecule has 0 aliphatic rings. The quantitative estimate of drug-likeness (QED) is 0.543. The van der Waals surface area contributed by atoms with Crippen molar-refractivity contribution >= 4 is 26.5 Å². The van der Waals surface area contributed by atoms with Crippen molar-refractivity contribution in [2.45, 2.75) is 6.92 Å². The lowest BCUT2D eigenvalue weighted by Crippen LogP contribution is -1.77. The van der Waals surface area contributed by atoms with Gasteiger partial charge in [0.15, 0.2) is 0 Å². The molecule has 3 aromatic rings. The summed E-state index contributed by atoms with van der Waals surface area (Å²) in [5, 5.41) is 7.88. The van der Waals surface area contributed by atoms with Gasteiger partial charge >= 0.3 is 0 Å². The Balaban J connectivity index is 2.61. The molecule has 0 radical (unpaired) electrons. The fourth-order valence-electron chi connectivity index (χ4n) is 1.46. The summed E-state index contributed by atoms with van der Waals surface area (Å²) in [6.45, 7) is 2.09. The molecule has 3 rings (SSSR count). The Bertz CT molecular complexity index is 579. The van der Waals surface area contributed by atoms with Crippen molar-refractivity contribution in [2.24, 2.45) is 0 Å². The number of nitrogens with zero attached hydrogens (tertiary/aromatic N) is 3. The van der Waals surface area contributed by atoms with Crippen molar-refractivity contribution in [1.29, 1.82) is 0 Å². The van der Waals surface area contributed by atoms with E-state index < -0.39 is 0 Å². The van der Waals surface area contributed by atoms with Gasteiger partial charge in [-0.25, -0.2) is 0 Å². The first-order valence-electron chi connectivity index (χ1n) is 4.03. The number of rotatable bonds is 0. The van der Waals surface area contributed by atoms with Crippen LogP contribution in [0.1, 0.15) is 5.56 Å². The predicted molar refractivity (Wildman–Crippen MR) is 53.1 cm³/mol. The van der Waals surface area contributed by atoms with Gasteiger partial charge in [-0.1, -0.05) is 17.4 Å². The molecule has 0 spiro atoms. The molecular weight excluding hydrogens is 182 g/mol. The second-order valence-electron chi connectivity index (χ2n) is 3.06. The van der Waals surface area contributed by atoms with Gasteiger partial charge < -0.3 is 0 Å². The highest BCUT2D eigenvalue weighted by atomic mass is 32.1. The molecule has 0 saturated carbocycles. The van der Waals surface area contributed by atoms with Crippen LogP contribution in [0.15, 0.2) is 24.5 Å². The average molecular weight is 189 g/mol. The van der Waals surface area contributed by atoms with E-state index in [2.05, 4.69) is 35.3 Å². The van der Waals surface area contributed by atoms with Gasteiger partial charge in [-0.3, -0.25) is 4.40 Å². The number of aromatic nitrogens is 3. The van der Waals surface area contributed by atoms with Crippen molar-refractivity contribution < 1.29 is 0 Å². The lowest BCUT2D eigenvalue weighted by molar-refractivity contribution is 1.11. The zero-order valence-corrected chi connectivity index (χ0v) is 7.88. The van der Waals surface area contributed by atoms with Crippen LogP contribution in [0.2, 0.25) is 0 Å². The molecule has 0 unspecified atom stereocenters.